The van der Waals surface area contributed by atoms with Gasteiger partial charge in [0.05, 0.1) is 55.7 Å². The molecule has 3 saturated carbocycles. The first-order valence-electron chi connectivity index (χ1n) is 23.0. The topological polar surface area (TPSA) is 176 Å². The highest BCUT2D eigenvalue weighted by Gasteiger charge is 2.50. The van der Waals surface area contributed by atoms with Crippen LogP contribution in [0.3, 0.4) is 0 Å². The van der Waals surface area contributed by atoms with Gasteiger partial charge in [-0.05, 0) is 91.6 Å². The van der Waals surface area contributed by atoms with E-state index < -0.39 is 165 Å². The Labute approximate surface area is 426 Å². The molecule has 0 heterocycles. The molecule has 3 aromatic rings. The Balaban J connectivity index is 0.000000298. The van der Waals surface area contributed by atoms with Crippen molar-refractivity contribution in [3.63, 3.8) is 0 Å². The van der Waals surface area contributed by atoms with Gasteiger partial charge >= 0.3 is 19.1 Å². The SMILES string of the molecule is C.C[C@H](NC(=O)CC(O)C1CC(F)(F)C1)c1cccc(OC(F)(F)F)c1.C[C@H](NC(=O)C[C@@H](O)C1CC(F)(F)C1)c1cccc(OC(F)(F)F)c1.C[C@H](NC(=O)C[C@H](O)C1CC(F)(F)C1)c1cccc(OC(F)(F)F)c1. The molecule has 0 spiro atoms. The average Bonchev–Trinajstić information content (AvgIpc) is 3.22. The van der Waals surface area contributed by atoms with Crippen LogP contribution in [0.25, 0.3) is 0 Å². The first kappa shape index (κ1) is 64.6. The van der Waals surface area contributed by atoms with Crippen molar-refractivity contribution in [1.82, 2.24) is 16.0 Å². The van der Waals surface area contributed by atoms with E-state index in [0.717, 1.165) is 36.4 Å². The number of aliphatic hydroxyl groups excluding tert-OH is 3. The Morgan fingerprint density at radius 1 is 0.474 bits per heavy atom. The largest absolute Gasteiger partial charge is 0.573 e. The van der Waals surface area contributed by atoms with Gasteiger partial charge < -0.3 is 45.5 Å². The fourth-order valence-corrected chi connectivity index (χ4v) is 8.10. The summed E-state index contributed by atoms with van der Waals surface area (Å²) in [5.41, 5.74) is 1.12. The Bertz CT molecular complexity index is 2090. The molecule has 6 atom stereocenters. The summed E-state index contributed by atoms with van der Waals surface area (Å²) in [5, 5.41) is 36.9. The zero-order valence-corrected chi connectivity index (χ0v) is 39.9. The monoisotopic (exact) mass is 1120 g/mol. The number of halogens is 15. The number of hydrogen-bond acceptors (Lipinski definition) is 9. The van der Waals surface area contributed by atoms with Gasteiger partial charge in [0.2, 0.25) is 35.5 Å². The summed E-state index contributed by atoms with van der Waals surface area (Å²) in [4.78, 5) is 35.7. The highest BCUT2D eigenvalue weighted by atomic mass is 19.4. The van der Waals surface area contributed by atoms with E-state index in [1.807, 2.05) is 0 Å². The zero-order chi connectivity index (χ0) is 56.5. The summed E-state index contributed by atoms with van der Waals surface area (Å²) in [7, 11) is 0. The minimum atomic E-state index is -4.82. The predicted molar refractivity (Wildman–Crippen MR) is 241 cm³/mol. The fourth-order valence-electron chi connectivity index (χ4n) is 8.10. The first-order valence-corrected chi connectivity index (χ1v) is 23.0. The van der Waals surface area contributed by atoms with Crippen molar-refractivity contribution in [2.45, 2.75) is 159 Å². The molecule has 0 bridgehead atoms. The van der Waals surface area contributed by atoms with Crippen molar-refractivity contribution < 1.29 is 110 Å². The maximum atomic E-state index is 12.8. The highest BCUT2D eigenvalue weighted by molar-refractivity contribution is 5.78. The Morgan fingerprint density at radius 3 is 0.868 bits per heavy atom. The number of benzene rings is 3. The lowest BCUT2D eigenvalue weighted by Gasteiger charge is -2.37. The molecule has 6 rings (SSSR count). The molecule has 3 fully saturated rings. The number of alkyl halides is 15. The second-order valence-corrected chi connectivity index (χ2v) is 18.6. The molecule has 0 aromatic heterocycles. The van der Waals surface area contributed by atoms with Gasteiger partial charge in [-0.2, -0.15) is 0 Å². The minimum Gasteiger partial charge on any atom is -0.406 e. The van der Waals surface area contributed by atoms with E-state index in [9.17, 15) is 95.6 Å². The normalized spacial score (nSPS) is 19.4. The maximum absolute atomic E-state index is 12.8. The number of rotatable bonds is 18. The van der Waals surface area contributed by atoms with Gasteiger partial charge in [0, 0.05) is 38.5 Å². The molecular formula is C49H58F15N3O9. The number of carbonyl (C=O) groups is 3. The second-order valence-electron chi connectivity index (χ2n) is 18.6. The average molecular weight is 1120 g/mol. The highest BCUT2D eigenvalue weighted by Crippen LogP contribution is 2.46. The number of nitrogens with one attached hydrogen (secondary N) is 3. The molecular weight excluding hydrogens is 1060 g/mol. The van der Waals surface area contributed by atoms with Crippen LogP contribution in [0.5, 0.6) is 17.2 Å². The Kier molecular flexibility index (Phi) is 22.2. The quantitative estimate of drug-likeness (QED) is 0.0677. The van der Waals surface area contributed by atoms with Crippen LogP contribution in [0.1, 0.15) is 121 Å². The summed E-state index contributed by atoms with van der Waals surface area (Å²) < 4.78 is 198. The van der Waals surface area contributed by atoms with Crippen LogP contribution in [0.4, 0.5) is 65.9 Å². The van der Waals surface area contributed by atoms with E-state index in [1.165, 1.54) is 36.4 Å². The van der Waals surface area contributed by atoms with Crippen molar-refractivity contribution in [1.29, 1.82) is 0 Å². The summed E-state index contributed by atoms with van der Waals surface area (Å²) in [6.45, 7) is 4.65. The second kappa shape index (κ2) is 26.1. The lowest BCUT2D eigenvalue weighted by atomic mass is 9.76. The van der Waals surface area contributed by atoms with Crippen LogP contribution < -0.4 is 30.2 Å². The number of aliphatic hydroxyl groups is 3. The van der Waals surface area contributed by atoms with Gasteiger partial charge in [0.1, 0.15) is 17.2 Å². The van der Waals surface area contributed by atoms with E-state index in [4.69, 9.17) is 0 Å². The smallest absolute Gasteiger partial charge is 0.406 e. The number of hydrogen-bond donors (Lipinski definition) is 6. The third kappa shape index (κ3) is 22.5. The van der Waals surface area contributed by atoms with Gasteiger partial charge in [-0.1, -0.05) is 43.8 Å². The third-order valence-electron chi connectivity index (χ3n) is 12.1. The van der Waals surface area contributed by atoms with Crippen LogP contribution >= 0.6 is 0 Å². The number of ether oxygens (including phenoxy) is 3. The molecule has 428 valence electrons. The number of carbonyl (C=O) groups excluding carboxylic acids is 3. The van der Waals surface area contributed by atoms with Gasteiger partial charge in [-0.15, -0.1) is 39.5 Å². The van der Waals surface area contributed by atoms with Crippen molar-refractivity contribution in [2.75, 3.05) is 0 Å². The minimum absolute atomic E-state index is 0. The summed E-state index contributed by atoms with van der Waals surface area (Å²) in [5.74, 6) is -13.2. The van der Waals surface area contributed by atoms with Gasteiger partial charge in [0.15, 0.2) is 0 Å². The molecule has 12 nitrogen and oxygen atoms in total. The van der Waals surface area contributed by atoms with E-state index >= 15 is 0 Å². The molecule has 0 radical (unpaired) electrons. The molecule has 3 amide bonds. The molecule has 0 saturated heterocycles. The third-order valence-corrected chi connectivity index (χ3v) is 12.1. The van der Waals surface area contributed by atoms with Crippen molar-refractivity contribution in [3.8, 4) is 17.2 Å². The van der Waals surface area contributed by atoms with Crippen LogP contribution in [0, 0.1) is 17.8 Å². The summed E-state index contributed by atoms with van der Waals surface area (Å²) in [6.07, 6.45) is -21.7. The predicted octanol–water partition coefficient (Wildman–Crippen LogP) is 11.3. The summed E-state index contributed by atoms with van der Waals surface area (Å²) in [6, 6.07) is 13.5. The molecule has 3 aromatic carbocycles. The molecule has 3 aliphatic rings. The van der Waals surface area contributed by atoms with Gasteiger partial charge in [-0.3, -0.25) is 14.4 Å². The van der Waals surface area contributed by atoms with Crippen LogP contribution in [0.15, 0.2) is 72.8 Å². The molecule has 3 aliphatic carbocycles. The zero-order valence-electron chi connectivity index (χ0n) is 39.9. The fraction of sp³-hybridized carbons (Fsp3) is 0.571. The van der Waals surface area contributed by atoms with Crippen molar-refractivity contribution >= 4 is 17.7 Å². The van der Waals surface area contributed by atoms with E-state index in [2.05, 4.69) is 30.2 Å². The lowest BCUT2D eigenvalue weighted by molar-refractivity contribution is -0.275. The van der Waals surface area contributed by atoms with Crippen LogP contribution in [-0.2, 0) is 14.4 Å². The molecule has 1 unspecified atom stereocenters. The van der Waals surface area contributed by atoms with E-state index in [1.54, 1.807) is 20.8 Å². The van der Waals surface area contributed by atoms with Crippen molar-refractivity contribution in [2.24, 2.45) is 17.8 Å². The van der Waals surface area contributed by atoms with Crippen molar-refractivity contribution in [3.05, 3.63) is 89.5 Å². The molecule has 6 N–H and O–H groups in total. The summed E-state index contributed by atoms with van der Waals surface area (Å²) >= 11 is 0. The number of amides is 3. The Morgan fingerprint density at radius 2 is 0.684 bits per heavy atom. The Hall–Kier alpha value is -5.70. The van der Waals surface area contributed by atoms with Gasteiger partial charge in [-0.25, -0.2) is 26.3 Å². The molecule has 27 heteroatoms. The van der Waals surface area contributed by atoms with E-state index in [-0.39, 0.29) is 26.7 Å². The molecule has 0 aliphatic heterocycles. The first-order chi connectivity index (χ1) is 34.4. The maximum Gasteiger partial charge on any atom is 0.573 e. The molecule has 76 heavy (non-hydrogen) atoms. The van der Waals surface area contributed by atoms with E-state index in [0.29, 0.717) is 16.7 Å². The van der Waals surface area contributed by atoms with Crippen LogP contribution in [-0.4, -0.2) is 88.2 Å². The van der Waals surface area contributed by atoms with Gasteiger partial charge in [0.25, 0.3) is 0 Å². The lowest BCUT2D eigenvalue weighted by Crippen LogP contribution is -2.44. The van der Waals surface area contributed by atoms with Crippen LogP contribution in [0.2, 0.25) is 0 Å². The standard InChI is InChI=1S/3C16H18F5NO3.CH4/c3*1-9(10-3-2-4-12(5-10)25-16(19,20)21)22-14(24)6-13(23)11-7-15(17,18)8-11;/h3*2-5,9,11,13,23H,6-8H2,1H3,(H,22,24);1H4/t9-,13?;9-,13+;9-,13-;/m000./s1.